The summed E-state index contributed by atoms with van der Waals surface area (Å²) in [6.07, 6.45) is -11.0. The Morgan fingerprint density at radius 1 is 0.780 bits per heavy atom. The van der Waals surface area contributed by atoms with E-state index in [4.69, 9.17) is 0 Å². The van der Waals surface area contributed by atoms with E-state index in [0.717, 1.165) is 7.05 Å². The zero-order valence-corrected chi connectivity index (χ0v) is 30.8. The minimum absolute atomic E-state index is 0.0497. The number of aromatic amines is 2. The van der Waals surface area contributed by atoms with Gasteiger partial charge in [-0.05, 0) is 54.4 Å². The predicted molar refractivity (Wildman–Crippen MR) is 202 cm³/mol. The molecule has 1 unspecified atom stereocenters. The first-order valence-electron chi connectivity index (χ1n) is 18.1. The molecule has 0 spiro atoms. The number of anilines is 2. The van der Waals surface area contributed by atoms with Gasteiger partial charge in [0.15, 0.2) is 0 Å². The van der Waals surface area contributed by atoms with Crippen molar-refractivity contribution in [3.8, 4) is 22.5 Å². The highest BCUT2D eigenvalue weighted by atomic mass is 19.4. The van der Waals surface area contributed by atoms with Crippen molar-refractivity contribution in [2.75, 3.05) is 37.3 Å². The van der Waals surface area contributed by atoms with E-state index in [9.17, 15) is 49.9 Å². The van der Waals surface area contributed by atoms with Gasteiger partial charge in [0, 0.05) is 77.0 Å². The van der Waals surface area contributed by atoms with Crippen LogP contribution in [0.2, 0.25) is 0 Å². The van der Waals surface area contributed by atoms with Gasteiger partial charge in [0.25, 0.3) is 12.9 Å². The lowest BCUT2D eigenvalue weighted by molar-refractivity contribution is -0.149. The summed E-state index contributed by atoms with van der Waals surface area (Å²) >= 11 is 0. The summed E-state index contributed by atoms with van der Waals surface area (Å²) in [5.74, 6) is -4.66. The molecule has 0 radical (unpaired) electrons. The zero-order valence-electron chi connectivity index (χ0n) is 30.8. The lowest BCUT2D eigenvalue weighted by Crippen LogP contribution is -2.38. The van der Waals surface area contributed by atoms with E-state index < -0.39 is 55.6 Å². The third-order valence-electron chi connectivity index (χ3n) is 9.94. The summed E-state index contributed by atoms with van der Waals surface area (Å²) in [5.41, 5.74) is 1.63. The van der Waals surface area contributed by atoms with Crippen molar-refractivity contribution in [1.29, 1.82) is 0 Å². The third-order valence-corrected chi connectivity index (χ3v) is 9.94. The molecule has 5 heterocycles. The second kappa shape index (κ2) is 16.2. The molecule has 4 aromatic heterocycles. The topological polar surface area (TPSA) is 156 Å². The van der Waals surface area contributed by atoms with Crippen LogP contribution < -0.4 is 10.6 Å². The number of H-pyrrole nitrogens is 2. The highest BCUT2D eigenvalue weighted by Crippen LogP contribution is 2.37. The SMILES string of the molecule is CN(CCC(F)(F)F)C(=O)C(=O)Nc1ccc2cc(-c3ccc(C4CCN(C(=O)C(=O)Nc5ccc6cc(-c7ccccc7C(F)F)[nH]c6n5)C4)cc3C(F)F)[nH]c2n1. The number of fused-ring (bicyclic) bond motifs is 2. The number of halogens is 7. The largest absolute Gasteiger partial charge is 0.390 e. The molecule has 1 fully saturated rings. The number of nitrogens with zero attached hydrogens (tertiary/aromatic N) is 4. The number of alkyl halides is 7. The van der Waals surface area contributed by atoms with E-state index in [1.165, 1.54) is 47.4 Å². The van der Waals surface area contributed by atoms with Gasteiger partial charge in [-0.25, -0.2) is 27.5 Å². The van der Waals surface area contributed by atoms with Gasteiger partial charge in [-0.1, -0.05) is 36.4 Å². The summed E-state index contributed by atoms with van der Waals surface area (Å²) < 4.78 is 93.8. The summed E-state index contributed by atoms with van der Waals surface area (Å²) in [5, 5.41) is 5.78. The fraction of sp³-hybridized carbons (Fsp3) is 0.250. The van der Waals surface area contributed by atoms with Crippen LogP contribution in [0.4, 0.5) is 42.4 Å². The molecule has 1 atom stereocenters. The normalized spacial score (nSPS) is 14.4. The summed E-state index contributed by atoms with van der Waals surface area (Å²) in [4.78, 5) is 67.3. The van der Waals surface area contributed by atoms with Gasteiger partial charge in [-0.2, -0.15) is 13.2 Å². The molecule has 0 aliphatic carbocycles. The van der Waals surface area contributed by atoms with Crippen molar-refractivity contribution in [2.45, 2.75) is 37.8 Å². The number of amides is 4. The van der Waals surface area contributed by atoms with Crippen molar-refractivity contribution in [3.05, 3.63) is 95.6 Å². The highest BCUT2D eigenvalue weighted by Gasteiger charge is 2.33. The van der Waals surface area contributed by atoms with Gasteiger partial charge in [-0.15, -0.1) is 0 Å². The number of rotatable bonds is 9. The van der Waals surface area contributed by atoms with Gasteiger partial charge in [0.2, 0.25) is 0 Å². The molecule has 1 saturated heterocycles. The molecular formula is C40H33F7N8O4. The van der Waals surface area contributed by atoms with E-state index in [2.05, 4.69) is 30.6 Å². The molecule has 0 saturated carbocycles. The molecule has 1 aliphatic heterocycles. The maximum Gasteiger partial charge on any atom is 0.390 e. The van der Waals surface area contributed by atoms with Crippen LogP contribution in [0.3, 0.4) is 0 Å². The third kappa shape index (κ3) is 8.87. The average molecular weight is 823 g/mol. The Balaban J connectivity index is 1.000. The zero-order chi connectivity index (χ0) is 42.2. The Labute approximate surface area is 329 Å². The lowest BCUT2D eigenvalue weighted by Gasteiger charge is -2.17. The molecule has 1 aliphatic rings. The van der Waals surface area contributed by atoms with Crippen LogP contribution in [0.25, 0.3) is 44.6 Å². The second-order valence-electron chi connectivity index (χ2n) is 13.9. The van der Waals surface area contributed by atoms with Gasteiger partial charge in [0.1, 0.15) is 22.9 Å². The molecule has 59 heavy (non-hydrogen) atoms. The minimum atomic E-state index is -4.51. The van der Waals surface area contributed by atoms with Gasteiger partial charge in [0.05, 0.1) is 6.42 Å². The fourth-order valence-corrected chi connectivity index (χ4v) is 6.90. The standard InChI is InChI=1S/C40H33F7N8O4/c1-54(15-13-40(45,46)47)38(58)36(56)52-30-10-7-22-18-29(49-35(22)50-30)25-9-6-20(16-27(25)33(43)44)23-12-14-55(19-23)39(59)37(57)53-31-11-8-21-17-28(48-34(21)51-31)24-4-2-3-5-26(24)32(41)42/h2-11,16-18,23,32-33H,12-15,19H2,1H3,(H2,48,51,53,57)(H2,49,50,52,56). The van der Waals surface area contributed by atoms with Crippen LogP contribution in [0.1, 0.15) is 48.3 Å². The number of hydrogen-bond donors (Lipinski definition) is 4. The number of aromatic nitrogens is 4. The van der Waals surface area contributed by atoms with Crippen molar-refractivity contribution in [2.24, 2.45) is 0 Å². The molecule has 12 nitrogen and oxygen atoms in total. The maximum absolute atomic E-state index is 14.5. The number of likely N-dealkylation sites (tertiary alicyclic amines) is 1. The number of carbonyl (C=O) groups excluding carboxylic acids is 4. The van der Waals surface area contributed by atoms with Gasteiger partial charge < -0.3 is 30.4 Å². The average Bonchev–Trinajstić information content (AvgIpc) is 3.97. The summed E-state index contributed by atoms with van der Waals surface area (Å²) in [7, 11) is 1.06. The van der Waals surface area contributed by atoms with Crippen LogP contribution in [-0.2, 0) is 19.2 Å². The van der Waals surface area contributed by atoms with E-state index in [0.29, 0.717) is 44.6 Å². The smallest absolute Gasteiger partial charge is 0.339 e. The maximum atomic E-state index is 14.5. The van der Waals surface area contributed by atoms with Crippen LogP contribution in [0.5, 0.6) is 0 Å². The Morgan fingerprint density at radius 2 is 1.36 bits per heavy atom. The number of hydrogen-bond acceptors (Lipinski definition) is 6. The number of benzene rings is 2. The van der Waals surface area contributed by atoms with Crippen molar-refractivity contribution in [3.63, 3.8) is 0 Å². The molecule has 6 aromatic rings. The van der Waals surface area contributed by atoms with Crippen molar-refractivity contribution in [1.82, 2.24) is 29.7 Å². The first-order valence-corrected chi connectivity index (χ1v) is 18.1. The lowest BCUT2D eigenvalue weighted by atomic mass is 9.93. The molecule has 0 bridgehead atoms. The Kier molecular flexibility index (Phi) is 11.1. The molecular weight excluding hydrogens is 789 g/mol. The molecule has 2 aromatic carbocycles. The van der Waals surface area contributed by atoms with Gasteiger partial charge >= 0.3 is 29.8 Å². The molecule has 7 rings (SSSR count). The van der Waals surface area contributed by atoms with E-state index in [1.54, 1.807) is 36.4 Å². The highest BCUT2D eigenvalue weighted by molar-refractivity contribution is 6.40. The number of nitrogens with one attached hydrogen (secondary N) is 4. The number of likely N-dealkylation sites (N-methyl/N-ethyl adjacent to an activating group) is 1. The first kappa shape index (κ1) is 40.4. The fourth-order valence-electron chi connectivity index (χ4n) is 6.90. The van der Waals surface area contributed by atoms with Crippen LogP contribution in [-0.4, -0.2) is 86.2 Å². The van der Waals surface area contributed by atoms with E-state index >= 15 is 0 Å². The number of carbonyl (C=O) groups is 4. The minimum Gasteiger partial charge on any atom is -0.339 e. The van der Waals surface area contributed by atoms with Crippen molar-refractivity contribution < 1.29 is 49.9 Å². The monoisotopic (exact) mass is 822 g/mol. The Bertz CT molecular complexity index is 2590. The van der Waals surface area contributed by atoms with Crippen LogP contribution >= 0.6 is 0 Å². The van der Waals surface area contributed by atoms with Crippen LogP contribution in [0, 0.1) is 0 Å². The van der Waals surface area contributed by atoms with Crippen molar-refractivity contribution >= 4 is 57.3 Å². The summed E-state index contributed by atoms with van der Waals surface area (Å²) in [6, 6.07) is 19.7. The molecule has 19 heteroatoms. The molecule has 306 valence electrons. The summed E-state index contributed by atoms with van der Waals surface area (Å²) in [6.45, 7) is -0.460. The number of pyridine rings is 2. The predicted octanol–water partition coefficient (Wildman–Crippen LogP) is 7.95. The first-order chi connectivity index (χ1) is 28.0. The van der Waals surface area contributed by atoms with E-state index in [1.807, 2.05) is 0 Å². The van der Waals surface area contributed by atoms with E-state index in [-0.39, 0.29) is 58.7 Å². The Morgan fingerprint density at radius 3 is 1.95 bits per heavy atom. The Hall–Kier alpha value is -6.79. The van der Waals surface area contributed by atoms with Crippen LogP contribution in [0.15, 0.2) is 78.9 Å². The molecule has 4 amide bonds. The van der Waals surface area contributed by atoms with Gasteiger partial charge in [-0.3, -0.25) is 19.2 Å². The molecule has 4 N–H and O–H groups in total. The quantitative estimate of drug-likeness (QED) is 0.0857. The second-order valence-corrected chi connectivity index (χ2v) is 13.9.